The summed E-state index contributed by atoms with van der Waals surface area (Å²) in [5, 5.41) is 2.66. The fourth-order valence-electron chi connectivity index (χ4n) is 1.25. The lowest BCUT2D eigenvalue weighted by Gasteiger charge is -2.06. The van der Waals surface area contributed by atoms with E-state index in [9.17, 15) is 9.18 Å². The van der Waals surface area contributed by atoms with Crippen molar-refractivity contribution in [3.8, 4) is 5.75 Å². The van der Waals surface area contributed by atoms with Gasteiger partial charge in [0.2, 0.25) is 5.91 Å². The van der Waals surface area contributed by atoms with Crippen molar-refractivity contribution in [3.63, 3.8) is 0 Å². The Kier molecular flexibility index (Phi) is 5.79. The van der Waals surface area contributed by atoms with Crippen LogP contribution in [-0.4, -0.2) is 19.1 Å². The third-order valence-electron chi connectivity index (χ3n) is 2.09. The Balaban J connectivity index is 2.18. The van der Waals surface area contributed by atoms with Gasteiger partial charge in [0.15, 0.2) is 11.6 Å². The Morgan fingerprint density at radius 3 is 2.94 bits per heavy atom. The summed E-state index contributed by atoms with van der Waals surface area (Å²) in [7, 11) is 0. The Hall–Kier alpha value is -1.84. The zero-order chi connectivity index (χ0) is 12.5. The maximum atomic E-state index is 13.1. The Bertz CT molecular complexity index is 379. The van der Waals surface area contributed by atoms with Crippen LogP contribution in [-0.2, 0) is 4.79 Å². The number of rotatable bonds is 7. The van der Waals surface area contributed by atoms with E-state index < -0.39 is 0 Å². The number of carbonyl (C=O) groups is 1. The Morgan fingerprint density at radius 1 is 1.47 bits per heavy atom. The molecule has 0 aliphatic heterocycles. The zero-order valence-corrected chi connectivity index (χ0v) is 9.62. The lowest BCUT2D eigenvalue weighted by molar-refractivity contribution is -0.121. The molecular weight excluding hydrogens is 221 g/mol. The summed E-state index contributed by atoms with van der Waals surface area (Å²) in [4.78, 5) is 11.2. The van der Waals surface area contributed by atoms with Crippen molar-refractivity contribution < 1.29 is 13.9 Å². The summed E-state index contributed by atoms with van der Waals surface area (Å²) in [5.74, 6) is -0.218. The fraction of sp³-hybridized carbons (Fsp3) is 0.308. The van der Waals surface area contributed by atoms with Crippen molar-refractivity contribution in [1.82, 2.24) is 5.32 Å². The van der Waals surface area contributed by atoms with Crippen molar-refractivity contribution in [2.75, 3.05) is 13.2 Å². The summed E-state index contributed by atoms with van der Waals surface area (Å²) in [6.07, 6.45) is 2.54. The van der Waals surface area contributed by atoms with Crippen LogP contribution in [0.15, 0.2) is 36.9 Å². The van der Waals surface area contributed by atoms with Gasteiger partial charge < -0.3 is 10.1 Å². The summed E-state index contributed by atoms with van der Waals surface area (Å²) in [5.41, 5.74) is 0. The minimum atomic E-state index is -0.386. The van der Waals surface area contributed by atoms with Gasteiger partial charge in [-0.25, -0.2) is 4.39 Å². The molecule has 4 heteroatoms. The minimum Gasteiger partial charge on any atom is -0.491 e. The monoisotopic (exact) mass is 237 g/mol. The van der Waals surface area contributed by atoms with Crippen LogP contribution in [0.1, 0.15) is 12.8 Å². The van der Waals surface area contributed by atoms with Gasteiger partial charge in [-0.3, -0.25) is 4.79 Å². The summed E-state index contributed by atoms with van der Waals surface area (Å²) < 4.78 is 18.3. The molecular formula is C13H16FNO2. The molecule has 0 radical (unpaired) electrons. The molecule has 0 unspecified atom stereocenters. The fourth-order valence-corrected chi connectivity index (χ4v) is 1.25. The van der Waals surface area contributed by atoms with Crippen LogP contribution in [0.5, 0.6) is 5.75 Å². The van der Waals surface area contributed by atoms with Crippen LogP contribution in [0.3, 0.4) is 0 Å². The molecule has 0 aliphatic carbocycles. The molecule has 17 heavy (non-hydrogen) atoms. The molecule has 0 bridgehead atoms. The predicted octanol–water partition coefficient (Wildman–Crippen LogP) is 2.29. The molecule has 1 amide bonds. The second-order valence-electron chi connectivity index (χ2n) is 3.48. The molecule has 0 spiro atoms. The molecule has 3 nitrogen and oxygen atoms in total. The maximum Gasteiger partial charge on any atom is 0.220 e. The first-order valence-corrected chi connectivity index (χ1v) is 5.49. The van der Waals surface area contributed by atoms with Gasteiger partial charge in [0.25, 0.3) is 0 Å². The number of benzene rings is 1. The topological polar surface area (TPSA) is 38.3 Å². The zero-order valence-electron chi connectivity index (χ0n) is 9.62. The van der Waals surface area contributed by atoms with Crippen LogP contribution in [0.25, 0.3) is 0 Å². The minimum absolute atomic E-state index is 0.0537. The molecule has 0 aromatic heterocycles. The number of para-hydroxylation sites is 1. The highest BCUT2D eigenvalue weighted by atomic mass is 19.1. The Labute approximate surface area is 100 Å². The summed E-state index contributed by atoms with van der Waals surface area (Å²) in [6.45, 7) is 4.28. The summed E-state index contributed by atoms with van der Waals surface area (Å²) >= 11 is 0. The van der Waals surface area contributed by atoms with Crippen LogP contribution in [0.4, 0.5) is 4.39 Å². The van der Waals surface area contributed by atoms with E-state index in [1.54, 1.807) is 24.3 Å². The highest BCUT2D eigenvalue weighted by Crippen LogP contribution is 2.15. The highest BCUT2D eigenvalue weighted by molar-refractivity contribution is 5.75. The van der Waals surface area contributed by atoms with Crippen LogP contribution < -0.4 is 10.1 Å². The van der Waals surface area contributed by atoms with E-state index >= 15 is 0 Å². The van der Waals surface area contributed by atoms with E-state index in [-0.39, 0.29) is 17.5 Å². The molecule has 92 valence electrons. The molecule has 0 saturated heterocycles. The molecule has 0 atom stereocenters. The van der Waals surface area contributed by atoms with Crippen molar-refractivity contribution >= 4 is 5.91 Å². The van der Waals surface area contributed by atoms with Crippen LogP contribution >= 0.6 is 0 Å². The van der Waals surface area contributed by atoms with Crippen molar-refractivity contribution in [1.29, 1.82) is 0 Å². The van der Waals surface area contributed by atoms with Gasteiger partial charge in [0.1, 0.15) is 0 Å². The first-order chi connectivity index (χ1) is 8.24. The molecule has 1 N–H and O–H groups in total. The molecule has 0 saturated carbocycles. The number of carbonyl (C=O) groups excluding carboxylic acids is 1. The van der Waals surface area contributed by atoms with Gasteiger partial charge in [-0.1, -0.05) is 18.2 Å². The summed E-state index contributed by atoms with van der Waals surface area (Å²) in [6, 6.07) is 6.21. The smallest absolute Gasteiger partial charge is 0.220 e. The number of nitrogens with one attached hydrogen (secondary N) is 1. The average Bonchev–Trinajstić information content (AvgIpc) is 2.34. The van der Waals surface area contributed by atoms with Crippen LogP contribution in [0.2, 0.25) is 0 Å². The van der Waals surface area contributed by atoms with Gasteiger partial charge in [0.05, 0.1) is 6.61 Å². The van der Waals surface area contributed by atoms with E-state index in [1.807, 2.05) is 0 Å². The molecule has 0 aliphatic rings. The van der Waals surface area contributed by atoms with E-state index in [0.717, 1.165) is 0 Å². The molecule has 1 rings (SSSR count). The van der Waals surface area contributed by atoms with Gasteiger partial charge in [-0.05, 0) is 18.6 Å². The van der Waals surface area contributed by atoms with E-state index in [4.69, 9.17) is 4.74 Å². The van der Waals surface area contributed by atoms with Gasteiger partial charge in [-0.15, -0.1) is 6.58 Å². The third kappa shape index (κ3) is 5.15. The van der Waals surface area contributed by atoms with Gasteiger partial charge in [-0.2, -0.15) is 0 Å². The number of ether oxygens (including phenoxy) is 1. The van der Waals surface area contributed by atoms with Crippen LogP contribution in [0, 0.1) is 5.82 Å². The van der Waals surface area contributed by atoms with Gasteiger partial charge >= 0.3 is 0 Å². The van der Waals surface area contributed by atoms with E-state index in [2.05, 4.69) is 11.9 Å². The standard InChI is InChI=1S/C13H16FNO2/c1-2-9-15-13(16)8-5-10-17-12-7-4-3-6-11(12)14/h2-4,6-7H,1,5,8-10H2,(H,15,16). The number of hydrogen-bond donors (Lipinski definition) is 1. The second kappa shape index (κ2) is 7.44. The quantitative estimate of drug-likeness (QED) is 0.583. The molecule has 0 fully saturated rings. The molecule has 1 aromatic carbocycles. The number of halogens is 1. The highest BCUT2D eigenvalue weighted by Gasteiger charge is 2.02. The largest absolute Gasteiger partial charge is 0.491 e. The first-order valence-electron chi connectivity index (χ1n) is 5.49. The van der Waals surface area contributed by atoms with E-state index in [0.29, 0.717) is 26.0 Å². The normalized spacial score (nSPS) is 9.71. The number of hydrogen-bond acceptors (Lipinski definition) is 2. The average molecular weight is 237 g/mol. The maximum absolute atomic E-state index is 13.1. The lowest BCUT2D eigenvalue weighted by atomic mass is 10.3. The SMILES string of the molecule is C=CCNC(=O)CCCOc1ccccc1F. The molecule has 0 heterocycles. The van der Waals surface area contributed by atoms with Gasteiger partial charge in [0, 0.05) is 13.0 Å². The van der Waals surface area contributed by atoms with E-state index in [1.165, 1.54) is 6.07 Å². The van der Waals surface area contributed by atoms with Crippen molar-refractivity contribution in [2.45, 2.75) is 12.8 Å². The predicted molar refractivity (Wildman–Crippen MR) is 64.3 cm³/mol. The Morgan fingerprint density at radius 2 is 2.24 bits per heavy atom. The number of amides is 1. The lowest BCUT2D eigenvalue weighted by Crippen LogP contribution is -2.23. The van der Waals surface area contributed by atoms with Crippen molar-refractivity contribution in [2.24, 2.45) is 0 Å². The molecule has 1 aromatic rings. The third-order valence-corrected chi connectivity index (χ3v) is 2.09. The first kappa shape index (κ1) is 13.2. The van der Waals surface area contributed by atoms with Crippen molar-refractivity contribution in [3.05, 3.63) is 42.7 Å². The second-order valence-corrected chi connectivity index (χ2v) is 3.48.